The Morgan fingerprint density at radius 2 is 0.434 bits per heavy atom. The van der Waals surface area contributed by atoms with E-state index < -0.39 is 0 Å². The van der Waals surface area contributed by atoms with E-state index >= 15 is 0 Å². The molecule has 0 radical (unpaired) electrons. The van der Waals surface area contributed by atoms with Gasteiger partial charge in [0.05, 0.1) is 83.3 Å². The summed E-state index contributed by atoms with van der Waals surface area (Å²) in [7, 11) is 0. The molecule has 136 heavy (non-hydrogen) atoms. The first-order chi connectivity index (χ1) is 67.4. The van der Waals surface area contributed by atoms with Crippen LogP contribution in [0.1, 0.15) is 0 Å². The van der Waals surface area contributed by atoms with E-state index in [1.165, 1.54) is 87.1 Å². The molecule has 9 heterocycles. The smallest absolute Gasteiger partial charge is 0.235 e. The molecular weight excluding hydrogens is 1660 g/mol. The number of aromatic nitrogens is 12. The fraction of sp³-hybridized carbons (Fsp3) is 0. The summed E-state index contributed by atoms with van der Waals surface area (Å²) in [6.45, 7) is 0. The molecule has 0 saturated heterocycles. The number of benzene rings is 19. The van der Waals surface area contributed by atoms with Gasteiger partial charge in [0.25, 0.3) is 0 Å². The van der Waals surface area contributed by atoms with Crippen molar-refractivity contribution in [3.63, 3.8) is 0 Å². The maximum Gasteiger partial charge on any atom is 0.235 e. The van der Waals surface area contributed by atoms with Gasteiger partial charge in [0, 0.05) is 117 Å². The minimum Gasteiger partial charge on any atom is -0.316 e. The monoisotopic (exact) mass is 1740 g/mol. The van der Waals surface area contributed by atoms with Gasteiger partial charge in [-0.15, -0.1) is 0 Å². The predicted molar refractivity (Wildman–Crippen MR) is 562 cm³/mol. The Kier molecular flexibility index (Phi) is 19.0. The number of hydrogen-bond donors (Lipinski definition) is 0. The van der Waals surface area contributed by atoms with E-state index in [1.807, 2.05) is 24.3 Å². The molecule has 28 rings (SSSR count). The van der Waals surface area contributed by atoms with Gasteiger partial charge in [-0.3, -0.25) is 13.7 Å². The molecule has 0 atom stereocenters. The van der Waals surface area contributed by atoms with Crippen molar-refractivity contribution < 1.29 is 0 Å². The molecule has 12 nitrogen and oxygen atoms in total. The molecule has 12 heteroatoms. The van der Waals surface area contributed by atoms with Gasteiger partial charge in [-0.2, -0.15) is 0 Å². The lowest BCUT2D eigenvalue weighted by Gasteiger charge is -2.13. The van der Waals surface area contributed by atoms with Crippen LogP contribution in [-0.2, 0) is 0 Å². The second-order valence-corrected chi connectivity index (χ2v) is 34.6. The van der Waals surface area contributed by atoms with Crippen molar-refractivity contribution in [2.24, 2.45) is 0 Å². The number of para-hydroxylation sites is 9. The van der Waals surface area contributed by atoms with Crippen LogP contribution < -0.4 is 0 Å². The van der Waals surface area contributed by atoms with Gasteiger partial charge < -0.3 is 13.7 Å². The highest BCUT2D eigenvalue weighted by atomic mass is 15.2. The largest absolute Gasteiger partial charge is 0.316 e. The molecular formula is C124H80N12. The molecule has 636 valence electrons. The molecule has 19 aromatic carbocycles. The van der Waals surface area contributed by atoms with Crippen LogP contribution in [0, 0.1) is 0 Å². The molecule has 0 fully saturated rings. The highest BCUT2D eigenvalue weighted by Gasteiger charge is 2.25. The summed E-state index contributed by atoms with van der Waals surface area (Å²) in [4.78, 5) is 31.5. The lowest BCUT2D eigenvalue weighted by Crippen LogP contribution is -2.03. The van der Waals surface area contributed by atoms with E-state index in [9.17, 15) is 0 Å². The Hall–Kier alpha value is -18.5. The highest BCUT2D eigenvalue weighted by Crippen LogP contribution is 2.44. The van der Waals surface area contributed by atoms with Crippen molar-refractivity contribution in [1.29, 1.82) is 0 Å². The number of rotatable bonds is 12. The van der Waals surface area contributed by atoms with Gasteiger partial charge in [-0.25, -0.2) is 29.9 Å². The first-order valence-corrected chi connectivity index (χ1v) is 45.9. The molecule has 0 bridgehead atoms. The molecule has 0 spiro atoms. The van der Waals surface area contributed by atoms with E-state index in [0.717, 1.165) is 139 Å². The normalized spacial score (nSPS) is 11.7. The number of hydrogen-bond acceptors (Lipinski definition) is 6. The first-order valence-electron chi connectivity index (χ1n) is 45.9. The summed E-state index contributed by atoms with van der Waals surface area (Å²) in [5.74, 6) is 1.98. The van der Waals surface area contributed by atoms with Gasteiger partial charge >= 0.3 is 0 Å². The average Bonchev–Trinajstić information content (AvgIpc) is 1.57. The summed E-state index contributed by atoms with van der Waals surface area (Å²) in [5, 5.41) is 16.3. The zero-order chi connectivity index (χ0) is 89.7. The van der Waals surface area contributed by atoms with E-state index in [4.69, 9.17) is 29.9 Å². The van der Waals surface area contributed by atoms with Crippen molar-refractivity contribution in [3.8, 4) is 102 Å². The van der Waals surface area contributed by atoms with Crippen LogP contribution in [0.3, 0.4) is 0 Å². The van der Waals surface area contributed by atoms with Crippen LogP contribution in [0.5, 0.6) is 0 Å². The van der Waals surface area contributed by atoms with Gasteiger partial charge in [0.1, 0.15) is 0 Å². The highest BCUT2D eigenvalue weighted by molar-refractivity contribution is 6.17. The number of nitrogens with zero attached hydrogens (tertiary/aromatic N) is 12. The lowest BCUT2D eigenvalue weighted by atomic mass is 9.96. The van der Waals surface area contributed by atoms with Crippen LogP contribution in [0.4, 0.5) is 0 Å². The Balaban J connectivity index is 0.000000106. The zero-order valence-corrected chi connectivity index (χ0v) is 73.6. The topological polar surface area (TPSA) is 107 Å². The molecule has 9 aromatic heterocycles. The van der Waals surface area contributed by atoms with Crippen LogP contribution >= 0.6 is 0 Å². The first kappa shape index (κ1) is 78.5. The molecule has 0 N–H and O–H groups in total. The molecule has 28 aromatic rings. The molecule has 0 aliphatic rings. The summed E-state index contributed by atoms with van der Waals surface area (Å²) in [5.41, 5.74) is 29.1. The van der Waals surface area contributed by atoms with Crippen molar-refractivity contribution in [2.75, 3.05) is 0 Å². The lowest BCUT2D eigenvalue weighted by molar-refractivity contribution is 1.01. The maximum absolute atomic E-state index is 5.36. The summed E-state index contributed by atoms with van der Waals surface area (Å²) in [6, 6.07) is 165. The standard InChI is InChI=1S/C44H28N4.2C40H26N4/c1-2-13-33(14-3-1)47-26-25-32-27-38-36-16-7-9-20-40(36)48(42(38)28-41(32)47)44-45-39-19-8-6-17-37(39)43(46-44)31-23-21-30(22-24-31)35-18-10-12-29-11-4-5-15-34(29)35;1-3-12-27(13-4-1)28-14-11-15-30(24-28)39-33-19-7-9-20-35(33)41-40(42-39)44-36-21-10-8-18-32(36)34-25-29-22-23-43(37(29)26-38(34)44)31-16-5-2-6-17-31;1-3-11-27(12-4-1)28-19-21-29(22-20-28)39-33-16-7-9-17-35(33)41-40(42-39)44-36-18-10-8-15-32(36)34-25-30-23-24-43(37(30)26-38(34)44)31-13-5-2-6-14-31/h1-28H;2*1-26H. The van der Waals surface area contributed by atoms with E-state index in [2.05, 4.69) is 489 Å². The van der Waals surface area contributed by atoms with E-state index in [1.54, 1.807) is 0 Å². The predicted octanol–water partition coefficient (Wildman–Crippen LogP) is 31.2. The van der Waals surface area contributed by atoms with Gasteiger partial charge in [-0.1, -0.05) is 334 Å². The van der Waals surface area contributed by atoms with Crippen molar-refractivity contribution in [1.82, 2.24) is 57.3 Å². The third-order valence-corrected chi connectivity index (χ3v) is 26.7. The summed E-state index contributed by atoms with van der Waals surface area (Å²) >= 11 is 0. The van der Waals surface area contributed by atoms with E-state index in [-0.39, 0.29) is 0 Å². The minimum atomic E-state index is 0.658. The van der Waals surface area contributed by atoms with Crippen molar-refractivity contribution >= 4 is 142 Å². The van der Waals surface area contributed by atoms with Crippen LogP contribution in [0.25, 0.3) is 244 Å². The molecule has 0 aliphatic heterocycles. The van der Waals surface area contributed by atoms with Gasteiger partial charge in [0.15, 0.2) is 0 Å². The summed E-state index contributed by atoms with van der Waals surface area (Å²) in [6.07, 6.45) is 6.45. The summed E-state index contributed by atoms with van der Waals surface area (Å²) < 4.78 is 13.4. The average molecular weight is 1740 g/mol. The quantitative estimate of drug-likeness (QED) is 0.121. The Morgan fingerprint density at radius 3 is 0.838 bits per heavy atom. The molecule has 0 saturated carbocycles. The SMILES string of the molecule is c1ccc(-c2ccc(-c3nc(-n4c5ccccc5c5cc6ccn(-c7ccccc7)c6cc54)nc4ccccc34)cc2)cc1.c1ccc(-c2cccc(-c3nc(-n4c5ccccc5c5cc6ccn(-c7ccccc7)c6cc54)nc4ccccc34)c2)cc1.c1ccc(-n2ccc3cc4c5ccccc5n(-c5nc(-c6ccc(-c7cccc8ccccc78)cc6)c6ccccc6n5)c4cc32)cc1. The Bertz CT molecular complexity index is 9520. The third-order valence-electron chi connectivity index (χ3n) is 26.7. The Morgan fingerprint density at radius 1 is 0.147 bits per heavy atom. The van der Waals surface area contributed by atoms with Gasteiger partial charge in [0.2, 0.25) is 17.8 Å². The van der Waals surface area contributed by atoms with Crippen LogP contribution in [0.15, 0.2) is 486 Å². The van der Waals surface area contributed by atoms with Gasteiger partial charge in [-0.05, 0) is 178 Å². The zero-order valence-electron chi connectivity index (χ0n) is 73.6. The van der Waals surface area contributed by atoms with E-state index in [0.29, 0.717) is 17.8 Å². The van der Waals surface area contributed by atoms with Crippen molar-refractivity contribution in [2.45, 2.75) is 0 Å². The van der Waals surface area contributed by atoms with Crippen molar-refractivity contribution in [3.05, 3.63) is 486 Å². The molecule has 0 amide bonds. The fourth-order valence-electron chi connectivity index (χ4n) is 20.2. The van der Waals surface area contributed by atoms with Crippen LogP contribution in [0.2, 0.25) is 0 Å². The van der Waals surface area contributed by atoms with Crippen LogP contribution in [-0.4, -0.2) is 57.3 Å². The molecule has 0 aliphatic carbocycles. The molecule has 0 unspecified atom stereocenters. The maximum atomic E-state index is 5.36. The minimum absolute atomic E-state index is 0.658. The Labute approximate surface area is 781 Å². The number of fused-ring (bicyclic) bond motifs is 16. The second kappa shape index (κ2) is 32.8. The fourth-order valence-corrected chi connectivity index (χ4v) is 20.2. The third kappa shape index (κ3) is 13.6. The second-order valence-electron chi connectivity index (χ2n) is 34.6.